The third-order valence-electron chi connectivity index (χ3n) is 19.7. The molecule has 0 saturated carbocycles. The van der Waals surface area contributed by atoms with Crippen molar-refractivity contribution >= 4 is 99.5 Å². The lowest BCUT2D eigenvalue weighted by Gasteiger charge is -2.32. The number of hydrogen-bond donors (Lipinski definition) is 0. The maximum atomic E-state index is 7.51. The van der Waals surface area contributed by atoms with Crippen LogP contribution in [0.5, 0.6) is 0 Å². The van der Waals surface area contributed by atoms with Crippen LogP contribution in [0.25, 0.3) is 87.7 Å². The van der Waals surface area contributed by atoms with Crippen molar-refractivity contribution in [3.05, 3.63) is 275 Å². The molecule has 0 saturated heterocycles. The molecule has 4 nitrogen and oxygen atoms in total. The van der Waals surface area contributed by atoms with Crippen LogP contribution in [0, 0.1) is 0 Å². The van der Waals surface area contributed by atoms with Gasteiger partial charge < -0.3 is 18.6 Å². The molecule has 2 aliphatic rings. The van der Waals surface area contributed by atoms with E-state index >= 15 is 0 Å². The van der Waals surface area contributed by atoms with Gasteiger partial charge in [-0.05, 0) is 190 Å². The van der Waals surface area contributed by atoms with Gasteiger partial charge in [-0.3, -0.25) is 0 Å². The zero-order valence-corrected chi connectivity index (χ0v) is 53.2. The summed E-state index contributed by atoms with van der Waals surface area (Å²) in [7, 11) is 0. The molecular weight excluding hydrogens is 1080 g/mol. The first-order valence-corrected chi connectivity index (χ1v) is 31.7. The van der Waals surface area contributed by atoms with Gasteiger partial charge in [0, 0.05) is 55.5 Å². The molecule has 0 aliphatic heterocycles. The number of para-hydroxylation sites is 2. The van der Waals surface area contributed by atoms with Crippen LogP contribution in [0.15, 0.2) is 239 Å². The van der Waals surface area contributed by atoms with E-state index in [2.05, 4.69) is 323 Å². The quantitative estimate of drug-likeness (QED) is 0.166. The normalized spacial score (nSPS) is 13.7. The standard InChI is InChI=1S/C85H74N2O2/c1-81(2,3)52-29-37-56(38-30-52)86(57-39-31-53(32-40-57)82(4,5)6)60-45-46-63-67(49-60)75-64-23-15-19-27-73(64)89-80(75)77-68-50-66-51(47-71(68)85(78(63)77)69-25-17-13-21-61(69)62-22-14-18-26-70(62)85)48-72(76-65-24-16-20-28-74(65)88-79(66)76)87(58-41-33-54(34-42-58)83(7,8)9)59-43-35-55(36-44-59)84(10,11)12/h13-50H,1-12H3. The van der Waals surface area contributed by atoms with Crippen molar-refractivity contribution in [2.24, 2.45) is 0 Å². The van der Waals surface area contributed by atoms with E-state index in [0.29, 0.717) is 0 Å². The SMILES string of the molecule is CC(C)(C)c1ccc(N(c2ccc(C(C)(C)C)cc2)c2ccc3c4c(c5oc6ccccc6c5c3c2)-c2cc3c(cc2C42c4ccccc4-c4ccccc42)cc(N(c2ccc(C(C)(C)C)cc2)c2ccc(C(C)(C)C)cc2)c2c4ccccc4oc32)cc1. The number of furan rings is 2. The fourth-order valence-corrected chi connectivity index (χ4v) is 15.1. The van der Waals surface area contributed by atoms with Gasteiger partial charge in [0.05, 0.1) is 16.5 Å². The summed E-state index contributed by atoms with van der Waals surface area (Å²) in [5.41, 5.74) is 24.1. The van der Waals surface area contributed by atoms with Crippen molar-refractivity contribution in [1.82, 2.24) is 0 Å². The molecular formula is C85H74N2O2. The minimum absolute atomic E-state index is 0.00436. The number of anilines is 6. The van der Waals surface area contributed by atoms with Crippen LogP contribution in [0.1, 0.15) is 128 Å². The highest BCUT2D eigenvalue weighted by Gasteiger charge is 2.54. The Balaban J connectivity index is 1.02. The highest BCUT2D eigenvalue weighted by molar-refractivity contribution is 6.28. The molecule has 16 rings (SSSR count). The van der Waals surface area contributed by atoms with E-state index in [0.717, 1.165) is 105 Å². The summed E-state index contributed by atoms with van der Waals surface area (Å²) in [6, 6.07) is 87.1. The highest BCUT2D eigenvalue weighted by atomic mass is 16.3. The van der Waals surface area contributed by atoms with Crippen LogP contribution >= 0.6 is 0 Å². The Morgan fingerprint density at radius 2 is 0.719 bits per heavy atom. The van der Waals surface area contributed by atoms with Gasteiger partial charge in [0.1, 0.15) is 22.3 Å². The Labute approximate surface area is 522 Å². The van der Waals surface area contributed by atoms with Crippen LogP contribution in [-0.2, 0) is 27.1 Å². The molecule has 0 unspecified atom stereocenters. The summed E-state index contributed by atoms with van der Waals surface area (Å²) in [5.74, 6) is 0. The van der Waals surface area contributed by atoms with E-state index in [9.17, 15) is 0 Å². The first-order valence-electron chi connectivity index (χ1n) is 31.7. The van der Waals surface area contributed by atoms with Gasteiger partial charge in [0.25, 0.3) is 0 Å². The summed E-state index contributed by atoms with van der Waals surface area (Å²) in [5, 5.41) is 8.84. The van der Waals surface area contributed by atoms with Crippen LogP contribution < -0.4 is 9.80 Å². The lowest BCUT2D eigenvalue weighted by atomic mass is 9.69. The van der Waals surface area contributed by atoms with Crippen molar-refractivity contribution in [2.75, 3.05) is 9.80 Å². The Morgan fingerprint density at radius 3 is 1.20 bits per heavy atom. The van der Waals surface area contributed by atoms with Crippen LogP contribution in [-0.4, -0.2) is 0 Å². The maximum absolute atomic E-state index is 7.51. The molecule has 0 atom stereocenters. The van der Waals surface area contributed by atoms with Crippen molar-refractivity contribution in [2.45, 2.75) is 110 Å². The zero-order chi connectivity index (χ0) is 61.3. The Bertz CT molecular complexity index is 5040. The monoisotopic (exact) mass is 1150 g/mol. The molecule has 0 bridgehead atoms. The van der Waals surface area contributed by atoms with E-state index in [-0.39, 0.29) is 21.7 Å². The van der Waals surface area contributed by atoms with E-state index in [1.165, 1.54) is 61.0 Å². The lowest BCUT2D eigenvalue weighted by Crippen LogP contribution is -2.26. The van der Waals surface area contributed by atoms with Crippen molar-refractivity contribution in [1.29, 1.82) is 0 Å². The van der Waals surface area contributed by atoms with Gasteiger partial charge in [0.2, 0.25) is 0 Å². The van der Waals surface area contributed by atoms with Gasteiger partial charge >= 0.3 is 0 Å². The molecule has 2 aromatic heterocycles. The van der Waals surface area contributed by atoms with Gasteiger partial charge in [-0.25, -0.2) is 0 Å². The van der Waals surface area contributed by atoms with E-state index in [4.69, 9.17) is 8.83 Å². The number of benzene rings is 12. The molecule has 4 heteroatoms. The molecule has 2 aliphatic carbocycles. The summed E-state index contributed by atoms with van der Waals surface area (Å²) in [6.45, 7) is 27.4. The predicted molar refractivity (Wildman–Crippen MR) is 376 cm³/mol. The summed E-state index contributed by atoms with van der Waals surface area (Å²) in [6.07, 6.45) is 0. The molecule has 436 valence electrons. The van der Waals surface area contributed by atoms with Gasteiger partial charge in [0.15, 0.2) is 0 Å². The average molecular weight is 1160 g/mol. The van der Waals surface area contributed by atoms with E-state index in [1.807, 2.05) is 0 Å². The number of fused-ring (bicyclic) bond motifs is 22. The topological polar surface area (TPSA) is 32.8 Å². The van der Waals surface area contributed by atoms with Gasteiger partial charge in [-0.2, -0.15) is 0 Å². The van der Waals surface area contributed by atoms with Crippen molar-refractivity contribution in [3.8, 4) is 22.3 Å². The first kappa shape index (κ1) is 54.7. The second kappa shape index (κ2) is 19.2. The number of nitrogens with zero attached hydrogens (tertiary/aromatic N) is 2. The molecule has 12 aromatic carbocycles. The molecule has 0 N–H and O–H groups in total. The van der Waals surface area contributed by atoms with Crippen LogP contribution in [0.4, 0.5) is 34.1 Å². The average Bonchev–Trinajstić information content (AvgIpc) is 1.51. The lowest BCUT2D eigenvalue weighted by molar-refractivity contribution is 0.590. The molecule has 0 fully saturated rings. The molecule has 89 heavy (non-hydrogen) atoms. The fourth-order valence-electron chi connectivity index (χ4n) is 15.1. The summed E-state index contributed by atoms with van der Waals surface area (Å²) < 4.78 is 14.8. The van der Waals surface area contributed by atoms with Crippen molar-refractivity contribution < 1.29 is 8.83 Å². The zero-order valence-electron chi connectivity index (χ0n) is 53.2. The molecule has 0 radical (unpaired) electrons. The minimum Gasteiger partial charge on any atom is -0.455 e. The fraction of sp³-hybridized carbons (Fsp3) is 0.200. The summed E-state index contributed by atoms with van der Waals surface area (Å²) in [4.78, 5) is 4.90. The molecule has 1 spiro atoms. The third-order valence-corrected chi connectivity index (χ3v) is 19.7. The van der Waals surface area contributed by atoms with Crippen molar-refractivity contribution in [3.63, 3.8) is 0 Å². The molecule has 0 amide bonds. The predicted octanol–water partition coefficient (Wildman–Crippen LogP) is 24.3. The Morgan fingerprint density at radius 1 is 0.303 bits per heavy atom. The minimum atomic E-state index is -0.751. The Hall–Kier alpha value is -9.64. The Kier molecular flexibility index (Phi) is 11.8. The molecule has 2 heterocycles. The van der Waals surface area contributed by atoms with Crippen LogP contribution in [0.3, 0.4) is 0 Å². The number of rotatable bonds is 6. The van der Waals surface area contributed by atoms with E-state index in [1.54, 1.807) is 0 Å². The van der Waals surface area contributed by atoms with E-state index < -0.39 is 5.41 Å². The second-order valence-corrected chi connectivity index (χ2v) is 29.3. The number of hydrogen-bond acceptors (Lipinski definition) is 4. The largest absolute Gasteiger partial charge is 0.455 e. The van der Waals surface area contributed by atoms with Crippen LogP contribution in [0.2, 0.25) is 0 Å². The first-order chi connectivity index (χ1) is 42.7. The molecule has 14 aromatic rings. The third kappa shape index (κ3) is 8.25. The van der Waals surface area contributed by atoms with Gasteiger partial charge in [-0.1, -0.05) is 223 Å². The second-order valence-electron chi connectivity index (χ2n) is 29.3. The van der Waals surface area contributed by atoms with Gasteiger partial charge in [-0.15, -0.1) is 0 Å². The maximum Gasteiger partial charge on any atom is 0.145 e. The smallest absolute Gasteiger partial charge is 0.145 e. The summed E-state index contributed by atoms with van der Waals surface area (Å²) >= 11 is 0. The highest BCUT2D eigenvalue weighted by Crippen LogP contribution is 2.67.